The Hall–Kier alpha value is -3.30. The third-order valence-electron chi connectivity index (χ3n) is 9.54. The van der Waals surface area contributed by atoms with Crippen LogP contribution in [-0.4, -0.2) is 70.9 Å². The number of carbonyl (C=O) groups is 2. The molecule has 41 heavy (non-hydrogen) atoms. The third kappa shape index (κ3) is 5.26. The molecule has 4 fully saturated rings. The van der Waals surface area contributed by atoms with Crippen molar-refractivity contribution in [2.24, 2.45) is 11.3 Å². The first kappa shape index (κ1) is 26.6. The number of nitrogens with one attached hydrogen (secondary N) is 1. The van der Waals surface area contributed by atoms with Gasteiger partial charge >= 0.3 is 0 Å². The van der Waals surface area contributed by atoms with Gasteiger partial charge in [-0.2, -0.15) is 0 Å². The lowest BCUT2D eigenvalue weighted by Gasteiger charge is -2.61. The van der Waals surface area contributed by atoms with E-state index in [-0.39, 0.29) is 17.9 Å². The summed E-state index contributed by atoms with van der Waals surface area (Å²) < 4.78 is 5.69. The van der Waals surface area contributed by atoms with Gasteiger partial charge in [-0.3, -0.25) is 19.5 Å². The second-order valence-corrected chi connectivity index (χ2v) is 13.5. The summed E-state index contributed by atoms with van der Waals surface area (Å²) in [4.78, 5) is 40.6. The summed E-state index contributed by atoms with van der Waals surface area (Å²) in [7, 11) is 3.52. The van der Waals surface area contributed by atoms with Crippen LogP contribution in [0.15, 0.2) is 42.0 Å². The first-order valence-corrected chi connectivity index (χ1v) is 15.7. The highest BCUT2D eigenvalue weighted by atomic mass is 32.1. The molecule has 0 unspecified atom stereocenters. The maximum atomic E-state index is 13.5. The summed E-state index contributed by atoms with van der Waals surface area (Å²) in [5, 5.41) is 4.97. The fraction of sp³-hybridized carbons (Fsp3) is 0.500. The van der Waals surface area contributed by atoms with E-state index in [0.29, 0.717) is 34.8 Å². The Labute approximate surface area is 245 Å². The van der Waals surface area contributed by atoms with Crippen LogP contribution in [0.1, 0.15) is 61.7 Å². The number of nitrogens with zero attached hydrogens (tertiary/aromatic N) is 4. The Morgan fingerprint density at radius 2 is 1.90 bits per heavy atom. The number of hydrogen-bond acceptors (Lipinski definition) is 7. The smallest absolute Gasteiger partial charge is 0.257 e. The molecule has 1 spiro atoms. The van der Waals surface area contributed by atoms with E-state index in [0.717, 1.165) is 53.5 Å². The van der Waals surface area contributed by atoms with Crippen LogP contribution >= 0.6 is 11.3 Å². The van der Waals surface area contributed by atoms with Gasteiger partial charge in [0.1, 0.15) is 5.75 Å². The van der Waals surface area contributed by atoms with Gasteiger partial charge in [0.05, 0.1) is 47.0 Å². The maximum Gasteiger partial charge on any atom is 0.257 e. The SMILES string of the molecule is COc1cc(-c2cncc(-c3cc(NC(=O)CC4CCC4)cs3)n2)ccc1C(=O)N(C)C1CC2(C1)CN(C1CC1)C2. The zero-order chi connectivity index (χ0) is 28.1. The second kappa shape index (κ2) is 10.5. The normalized spacial score (nSPS) is 20.1. The molecule has 0 atom stereocenters. The lowest BCUT2D eigenvalue weighted by atomic mass is 9.60. The van der Waals surface area contributed by atoms with Crippen LogP contribution in [-0.2, 0) is 4.79 Å². The quantitative estimate of drug-likeness (QED) is 0.354. The predicted molar refractivity (Wildman–Crippen MR) is 160 cm³/mol. The molecule has 1 aliphatic heterocycles. The lowest BCUT2D eigenvalue weighted by Crippen LogP contribution is -2.66. The summed E-state index contributed by atoms with van der Waals surface area (Å²) in [5.41, 5.74) is 4.06. The summed E-state index contributed by atoms with van der Waals surface area (Å²) in [6.07, 6.45) is 12.5. The zero-order valence-corrected chi connectivity index (χ0v) is 24.6. The van der Waals surface area contributed by atoms with E-state index in [1.807, 2.05) is 41.6 Å². The van der Waals surface area contributed by atoms with E-state index in [1.54, 1.807) is 19.5 Å². The van der Waals surface area contributed by atoms with Gasteiger partial charge in [-0.15, -0.1) is 11.3 Å². The van der Waals surface area contributed by atoms with Gasteiger partial charge in [-0.25, -0.2) is 4.98 Å². The van der Waals surface area contributed by atoms with Crippen LogP contribution in [0.25, 0.3) is 21.8 Å². The number of anilines is 1. The molecule has 0 bridgehead atoms. The molecule has 2 aromatic heterocycles. The van der Waals surface area contributed by atoms with Crippen LogP contribution in [0.5, 0.6) is 5.75 Å². The molecule has 8 nitrogen and oxygen atoms in total. The van der Waals surface area contributed by atoms with Crippen molar-refractivity contribution in [2.75, 3.05) is 32.6 Å². The molecule has 0 radical (unpaired) electrons. The van der Waals surface area contributed by atoms with Gasteiger partial charge in [0.15, 0.2) is 0 Å². The van der Waals surface area contributed by atoms with Gasteiger partial charge in [-0.1, -0.05) is 12.5 Å². The van der Waals surface area contributed by atoms with Crippen molar-refractivity contribution in [3.63, 3.8) is 0 Å². The van der Waals surface area contributed by atoms with Crippen LogP contribution in [0.4, 0.5) is 5.69 Å². The van der Waals surface area contributed by atoms with Crippen molar-refractivity contribution in [3.05, 3.63) is 47.6 Å². The van der Waals surface area contributed by atoms with Gasteiger partial charge in [0.2, 0.25) is 5.91 Å². The molecule has 1 saturated heterocycles. The number of methoxy groups -OCH3 is 1. The van der Waals surface area contributed by atoms with Crippen molar-refractivity contribution < 1.29 is 14.3 Å². The van der Waals surface area contributed by atoms with Gasteiger partial charge < -0.3 is 15.0 Å². The molecule has 9 heteroatoms. The number of carbonyl (C=O) groups excluding carboxylic acids is 2. The fourth-order valence-electron chi connectivity index (χ4n) is 6.70. The van der Waals surface area contributed by atoms with Gasteiger partial charge in [-0.05, 0) is 68.1 Å². The molecule has 4 aliphatic rings. The Kier molecular flexibility index (Phi) is 6.82. The van der Waals surface area contributed by atoms with Crippen molar-refractivity contribution in [1.29, 1.82) is 0 Å². The highest BCUT2D eigenvalue weighted by molar-refractivity contribution is 7.14. The average Bonchev–Trinajstić information content (AvgIpc) is 3.65. The minimum absolute atomic E-state index is 0.00284. The Bertz CT molecular complexity index is 1470. The Morgan fingerprint density at radius 1 is 1.12 bits per heavy atom. The maximum absolute atomic E-state index is 13.5. The summed E-state index contributed by atoms with van der Waals surface area (Å²) in [6, 6.07) is 8.71. The topological polar surface area (TPSA) is 87.7 Å². The first-order chi connectivity index (χ1) is 19.9. The number of aromatic nitrogens is 2. The highest BCUT2D eigenvalue weighted by Crippen LogP contribution is 2.53. The summed E-state index contributed by atoms with van der Waals surface area (Å²) in [6.45, 7) is 2.41. The predicted octanol–water partition coefficient (Wildman–Crippen LogP) is 5.71. The molecule has 214 valence electrons. The van der Waals surface area contributed by atoms with Crippen molar-refractivity contribution in [2.45, 2.75) is 63.5 Å². The molecule has 3 saturated carbocycles. The molecule has 1 N–H and O–H groups in total. The van der Waals surface area contributed by atoms with E-state index < -0.39 is 0 Å². The highest BCUT2D eigenvalue weighted by Gasteiger charge is 2.56. The number of rotatable bonds is 9. The van der Waals surface area contributed by atoms with E-state index in [2.05, 4.69) is 15.2 Å². The van der Waals surface area contributed by atoms with Crippen LogP contribution in [0.3, 0.4) is 0 Å². The monoisotopic (exact) mass is 571 g/mol. The van der Waals surface area contributed by atoms with Crippen molar-refractivity contribution >= 4 is 28.8 Å². The number of amides is 2. The number of likely N-dealkylation sites (tertiary alicyclic amines) is 1. The van der Waals surface area contributed by atoms with E-state index >= 15 is 0 Å². The van der Waals surface area contributed by atoms with Crippen LogP contribution < -0.4 is 10.1 Å². The zero-order valence-electron chi connectivity index (χ0n) is 23.8. The van der Waals surface area contributed by atoms with Crippen molar-refractivity contribution in [3.8, 4) is 27.6 Å². The minimum Gasteiger partial charge on any atom is -0.496 e. The molecule has 3 aromatic rings. The third-order valence-corrected chi connectivity index (χ3v) is 10.5. The summed E-state index contributed by atoms with van der Waals surface area (Å²) in [5.74, 6) is 1.14. The lowest BCUT2D eigenvalue weighted by molar-refractivity contribution is -0.117. The molecular formula is C32H37N5O3S. The van der Waals surface area contributed by atoms with Crippen molar-refractivity contribution in [1.82, 2.24) is 19.8 Å². The summed E-state index contributed by atoms with van der Waals surface area (Å²) >= 11 is 1.53. The first-order valence-electron chi connectivity index (χ1n) is 14.8. The van der Waals surface area contributed by atoms with Crippen LogP contribution in [0, 0.1) is 11.3 Å². The molecule has 1 aromatic carbocycles. The van der Waals surface area contributed by atoms with E-state index in [9.17, 15) is 9.59 Å². The Balaban J connectivity index is 1.01. The fourth-order valence-corrected chi connectivity index (χ4v) is 7.49. The van der Waals surface area contributed by atoms with E-state index in [1.165, 1.54) is 43.7 Å². The minimum atomic E-state index is -0.00284. The van der Waals surface area contributed by atoms with Crippen LogP contribution in [0.2, 0.25) is 0 Å². The largest absolute Gasteiger partial charge is 0.496 e. The standard InChI is InChI=1S/C32H37N5O3S/c1-36(24-13-32(14-24)18-37(19-32)23-7-8-23)31(39)25-9-6-21(11-28(25)40-2)26-15-33-16-27(35-26)29-12-22(17-41-29)34-30(38)10-20-4-3-5-20/h6,9,11-12,15-17,20,23-24H,3-5,7-8,10,13-14,18-19H2,1-2H3,(H,34,38). The molecule has 3 aliphatic carbocycles. The molecule has 2 amide bonds. The van der Waals surface area contributed by atoms with Gasteiger partial charge in [0.25, 0.3) is 5.91 Å². The number of ether oxygens (including phenoxy) is 1. The number of thiophene rings is 1. The molecule has 7 rings (SSSR count). The second-order valence-electron chi connectivity index (χ2n) is 12.6. The average molecular weight is 572 g/mol. The van der Waals surface area contributed by atoms with Gasteiger partial charge in [0, 0.05) is 49.6 Å². The van der Waals surface area contributed by atoms with E-state index in [4.69, 9.17) is 9.72 Å². The number of benzene rings is 1. The number of hydrogen-bond donors (Lipinski definition) is 1. The Morgan fingerprint density at radius 3 is 2.61 bits per heavy atom. The molecule has 3 heterocycles. The molecular weight excluding hydrogens is 534 g/mol.